The molecule has 0 bridgehead atoms. The van der Waals surface area contributed by atoms with Gasteiger partial charge in [0.15, 0.2) is 5.71 Å². The van der Waals surface area contributed by atoms with Gasteiger partial charge in [0.05, 0.1) is 24.1 Å². The predicted molar refractivity (Wildman–Crippen MR) is 201 cm³/mol. The first-order chi connectivity index (χ1) is 24.2. The number of aromatic amines is 1. The van der Waals surface area contributed by atoms with Gasteiger partial charge in [0.1, 0.15) is 16.9 Å². The summed E-state index contributed by atoms with van der Waals surface area (Å²) < 4.78 is 16.7. The van der Waals surface area contributed by atoms with Crippen molar-refractivity contribution in [3.8, 4) is 0 Å². The minimum Gasteiger partial charge on any atom is -0.465 e. The molecule has 7 rings (SSSR count). The van der Waals surface area contributed by atoms with Crippen molar-refractivity contribution in [2.45, 2.75) is 52.7 Å². The lowest BCUT2D eigenvalue weighted by molar-refractivity contribution is -0.146. The van der Waals surface area contributed by atoms with Crippen molar-refractivity contribution in [3.63, 3.8) is 0 Å². The third kappa shape index (κ3) is 6.41. The summed E-state index contributed by atoms with van der Waals surface area (Å²) in [5.74, 6) is -1.52. The molecule has 2 heterocycles. The molecule has 51 heavy (non-hydrogen) atoms. The molecule has 0 saturated heterocycles. The highest BCUT2D eigenvalue weighted by Crippen LogP contribution is 2.43. The van der Waals surface area contributed by atoms with Crippen LogP contribution in [0.1, 0.15) is 84.8 Å². The van der Waals surface area contributed by atoms with Crippen molar-refractivity contribution in [2.24, 2.45) is 4.99 Å². The molecule has 1 N–H and O–H groups in total. The highest BCUT2D eigenvalue weighted by molar-refractivity contribution is 6.47. The number of esters is 3. The zero-order chi connectivity index (χ0) is 36.2. The molecule has 1 aromatic heterocycles. The Morgan fingerprint density at radius 3 is 1.57 bits per heavy atom. The van der Waals surface area contributed by atoms with E-state index >= 15 is 0 Å². The second kappa shape index (κ2) is 12.4. The Hall–Kier alpha value is -6.02. The molecule has 8 heteroatoms. The highest BCUT2D eigenvalue weighted by Gasteiger charge is 2.34. The van der Waals surface area contributed by atoms with Crippen LogP contribution in [0.3, 0.4) is 0 Å². The number of rotatable bonds is 5. The van der Waals surface area contributed by atoms with Crippen molar-refractivity contribution >= 4 is 67.2 Å². The topological polar surface area (TPSA) is 107 Å². The van der Waals surface area contributed by atoms with Gasteiger partial charge < -0.3 is 19.2 Å². The number of aromatic nitrogens is 1. The van der Waals surface area contributed by atoms with E-state index in [1.807, 2.05) is 126 Å². The number of carbonyl (C=O) groups is 3. The third-order valence-electron chi connectivity index (χ3n) is 8.57. The van der Waals surface area contributed by atoms with Gasteiger partial charge in [-0.15, -0.1) is 0 Å². The first kappa shape index (κ1) is 33.5. The van der Waals surface area contributed by atoms with Crippen molar-refractivity contribution in [1.82, 2.24) is 4.98 Å². The molecule has 0 amide bonds. The van der Waals surface area contributed by atoms with E-state index in [2.05, 4.69) is 4.98 Å². The fourth-order valence-electron chi connectivity index (χ4n) is 6.43. The number of hydrogen-bond donors (Lipinski definition) is 1. The van der Waals surface area contributed by atoms with Crippen LogP contribution >= 0.6 is 0 Å². The smallest absolute Gasteiger partial charge is 0.358 e. The molecule has 8 nitrogen and oxygen atoms in total. The molecule has 5 aromatic carbocycles. The standard InChI is InChI=1S/C43H38N2O6/c1-42(2,3)50-40(47)37-32-22-28-14-10-8-12-26(28)20-30(32)35(44-37)34(24-16-18-25(19-17-24)39(46)49-7)36-31-21-27-13-9-11-15-29(27)23-33(31)38(45-36)41(48)51-43(4,5)6/h8-23,44H,1-7H3/b36-34-. The average molecular weight is 679 g/mol. The first-order valence-corrected chi connectivity index (χ1v) is 16.8. The lowest BCUT2D eigenvalue weighted by atomic mass is 9.91. The van der Waals surface area contributed by atoms with Crippen LogP contribution in [0.5, 0.6) is 0 Å². The molecular weight excluding hydrogens is 640 g/mol. The normalized spacial score (nSPS) is 14.0. The molecule has 1 aliphatic rings. The number of aliphatic imine (C=N–C) groups is 1. The maximum atomic E-state index is 13.9. The molecule has 0 unspecified atom stereocenters. The number of methoxy groups -OCH3 is 1. The van der Waals surface area contributed by atoms with Crippen LogP contribution in [0, 0.1) is 0 Å². The maximum Gasteiger partial charge on any atom is 0.358 e. The number of hydrogen-bond acceptors (Lipinski definition) is 7. The Bertz CT molecular complexity index is 2470. The van der Waals surface area contributed by atoms with Crippen LogP contribution in [0.25, 0.3) is 43.6 Å². The van der Waals surface area contributed by atoms with E-state index in [0.29, 0.717) is 39.0 Å². The van der Waals surface area contributed by atoms with Crippen LogP contribution in [0.2, 0.25) is 0 Å². The van der Waals surface area contributed by atoms with E-state index in [0.717, 1.165) is 32.5 Å². The monoisotopic (exact) mass is 678 g/mol. The van der Waals surface area contributed by atoms with E-state index in [-0.39, 0.29) is 11.4 Å². The zero-order valence-corrected chi connectivity index (χ0v) is 29.6. The largest absolute Gasteiger partial charge is 0.465 e. The molecule has 6 aromatic rings. The Morgan fingerprint density at radius 2 is 1.04 bits per heavy atom. The second-order valence-electron chi connectivity index (χ2n) is 14.6. The summed E-state index contributed by atoms with van der Waals surface area (Å²) >= 11 is 0. The number of nitrogens with zero attached hydrogens (tertiary/aromatic N) is 1. The summed E-state index contributed by atoms with van der Waals surface area (Å²) in [6, 6.07) is 30.9. The van der Waals surface area contributed by atoms with Gasteiger partial charge in [-0.25, -0.2) is 19.4 Å². The number of nitrogens with one attached hydrogen (secondary N) is 1. The third-order valence-corrected chi connectivity index (χ3v) is 8.57. The van der Waals surface area contributed by atoms with Gasteiger partial charge in [-0.3, -0.25) is 0 Å². The van der Waals surface area contributed by atoms with Crippen LogP contribution in [0.15, 0.2) is 102 Å². The SMILES string of the molecule is COC(=O)c1ccc(/C(=C2/N=C(C(=O)OC(C)(C)C)c3cc4ccccc4cc32)c2[nH]c(C(=O)OC(C)(C)C)c3cc4ccccc4cc23)cc1. The molecular formula is C43H38N2O6. The van der Waals surface area contributed by atoms with Crippen LogP contribution in [0.4, 0.5) is 0 Å². The van der Waals surface area contributed by atoms with Gasteiger partial charge in [0.25, 0.3) is 0 Å². The fraction of sp³-hybridized carbons (Fsp3) is 0.209. The van der Waals surface area contributed by atoms with Gasteiger partial charge in [-0.1, -0.05) is 60.7 Å². The van der Waals surface area contributed by atoms with Gasteiger partial charge in [-0.2, -0.15) is 0 Å². The minimum absolute atomic E-state index is 0.179. The minimum atomic E-state index is -0.755. The van der Waals surface area contributed by atoms with Gasteiger partial charge >= 0.3 is 17.9 Å². The maximum absolute atomic E-state index is 13.9. The van der Waals surface area contributed by atoms with Gasteiger partial charge in [-0.05, 0) is 105 Å². The van der Waals surface area contributed by atoms with Crippen molar-refractivity contribution < 1.29 is 28.6 Å². The van der Waals surface area contributed by atoms with E-state index in [9.17, 15) is 14.4 Å². The second-order valence-corrected chi connectivity index (χ2v) is 14.6. The molecule has 0 atom stereocenters. The summed E-state index contributed by atoms with van der Waals surface area (Å²) in [7, 11) is 1.34. The molecule has 256 valence electrons. The van der Waals surface area contributed by atoms with E-state index in [1.54, 1.807) is 12.1 Å². The number of benzene rings is 5. The Labute approximate surface area is 295 Å². The lowest BCUT2D eigenvalue weighted by Crippen LogP contribution is -2.28. The Kier molecular flexibility index (Phi) is 8.13. The Morgan fingerprint density at radius 1 is 0.569 bits per heavy atom. The van der Waals surface area contributed by atoms with Gasteiger partial charge in [0, 0.05) is 27.5 Å². The summed E-state index contributed by atoms with van der Waals surface area (Å²) in [6.07, 6.45) is 0. The quantitative estimate of drug-likeness (QED) is 0.144. The molecule has 0 saturated carbocycles. The van der Waals surface area contributed by atoms with Crippen molar-refractivity contribution in [3.05, 3.63) is 131 Å². The zero-order valence-electron chi connectivity index (χ0n) is 29.6. The summed E-state index contributed by atoms with van der Waals surface area (Å²) in [4.78, 5) is 48.7. The van der Waals surface area contributed by atoms with Crippen molar-refractivity contribution in [2.75, 3.05) is 7.11 Å². The summed E-state index contributed by atoms with van der Waals surface area (Å²) in [6.45, 7) is 10.9. The fourth-order valence-corrected chi connectivity index (χ4v) is 6.43. The molecule has 0 radical (unpaired) electrons. The van der Waals surface area contributed by atoms with Crippen molar-refractivity contribution in [1.29, 1.82) is 0 Å². The average Bonchev–Trinajstić information content (AvgIpc) is 3.63. The summed E-state index contributed by atoms with van der Waals surface area (Å²) in [5.41, 5.74) is 3.13. The number of ether oxygens (including phenoxy) is 3. The van der Waals surface area contributed by atoms with Crippen LogP contribution in [-0.4, -0.2) is 46.9 Å². The summed E-state index contributed by atoms with van der Waals surface area (Å²) in [5, 5.41) is 5.28. The number of carbonyl (C=O) groups excluding carboxylic acids is 3. The number of fused-ring (bicyclic) bond motifs is 4. The van der Waals surface area contributed by atoms with E-state index in [1.165, 1.54) is 7.11 Å². The van der Waals surface area contributed by atoms with E-state index < -0.39 is 29.1 Å². The molecule has 0 spiro atoms. The number of H-pyrrole nitrogens is 1. The Balaban J connectivity index is 1.60. The first-order valence-electron chi connectivity index (χ1n) is 16.8. The van der Waals surface area contributed by atoms with Crippen LogP contribution in [-0.2, 0) is 19.0 Å². The van der Waals surface area contributed by atoms with Gasteiger partial charge in [0.2, 0.25) is 0 Å². The highest BCUT2D eigenvalue weighted by atomic mass is 16.6. The lowest BCUT2D eigenvalue weighted by Gasteiger charge is -2.19. The molecule has 0 fully saturated rings. The molecule has 0 aliphatic carbocycles. The van der Waals surface area contributed by atoms with E-state index in [4.69, 9.17) is 19.2 Å². The predicted octanol–water partition coefficient (Wildman–Crippen LogP) is 9.28. The molecule has 1 aliphatic heterocycles. The van der Waals surface area contributed by atoms with Crippen LogP contribution < -0.4 is 0 Å².